The van der Waals surface area contributed by atoms with Crippen molar-refractivity contribution in [1.82, 2.24) is 24.6 Å². The summed E-state index contributed by atoms with van der Waals surface area (Å²) in [7, 11) is 0. The summed E-state index contributed by atoms with van der Waals surface area (Å²) in [6.07, 6.45) is 7.29. The summed E-state index contributed by atoms with van der Waals surface area (Å²) in [6.45, 7) is 8.29. The van der Waals surface area contributed by atoms with Gasteiger partial charge in [0.1, 0.15) is 6.04 Å². The van der Waals surface area contributed by atoms with Gasteiger partial charge in [-0.2, -0.15) is 10.4 Å². The van der Waals surface area contributed by atoms with Gasteiger partial charge in [-0.1, -0.05) is 12.1 Å². The van der Waals surface area contributed by atoms with Crippen molar-refractivity contribution in [2.24, 2.45) is 5.73 Å². The summed E-state index contributed by atoms with van der Waals surface area (Å²) in [5, 5.41) is 26.2. The van der Waals surface area contributed by atoms with Crippen LogP contribution in [0.3, 0.4) is 0 Å². The van der Waals surface area contributed by atoms with E-state index >= 15 is 0 Å². The molecule has 0 amide bonds. The van der Waals surface area contributed by atoms with Crippen LogP contribution in [0.5, 0.6) is 0 Å². The number of nitrogens with one attached hydrogen (secondary N) is 1. The highest BCUT2D eigenvalue weighted by Crippen LogP contribution is 2.33. The average molecular weight is 489 g/mol. The second-order valence-corrected chi connectivity index (χ2v) is 9.61. The van der Waals surface area contributed by atoms with Gasteiger partial charge in [0.2, 0.25) is 5.95 Å². The number of anilines is 2. The van der Waals surface area contributed by atoms with E-state index in [9.17, 15) is 10.1 Å². The van der Waals surface area contributed by atoms with Crippen LogP contribution in [0.4, 0.5) is 11.6 Å². The van der Waals surface area contributed by atoms with E-state index < -0.39 is 12.0 Å². The van der Waals surface area contributed by atoms with Gasteiger partial charge in [0.05, 0.1) is 35.3 Å². The van der Waals surface area contributed by atoms with Crippen molar-refractivity contribution < 1.29 is 9.90 Å². The fourth-order valence-corrected chi connectivity index (χ4v) is 5.17. The fourth-order valence-electron chi connectivity index (χ4n) is 5.17. The van der Waals surface area contributed by atoms with Crippen molar-refractivity contribution in [1.29, 1.82) is 5.26 Å². The lowest BCUT2D eigenvalue weighted by Crippen LogP contribution is -2.56. The number of piperidine rings is 1. The number of likely N-dealkylation sites (tertiary alicyclic amines) is 1. The van der Waals surface area contributed by atoms with E-state index in [0.717, 1.165) is 35.3 Å². The number of aromatic carboxylic acids is 1. The Balaban J connectivity index is 1.47. The van der Waals surface area contributed by atoms with E-state index in [4.69, 9.17) is 10.8 Å². The van der Waals surface area contributed by atoms with E-state index in [0.29, 0.717) is 5.95 Å². The Morgan fingerprint density at radius 3 is 2.50 bits per heavy atom. The van der Waals surface area contributed by atoms with Crippen molar-refractivity contribution in [2.75, 3.05) is 5.32 Å². The van der Waals surface area contributed by atoms with Gasteiger partial charge in [0.25, 0.3) is 0 Å². The van der Waals surface area contributed by atoms with Gasteiger partial charge in [-0.25, -0.2) is 14.8 Å². The predicted octanol–water partition coefficient (Wildman–Crippen LogP) is 3.74. The summed E-state index contributed by atoms with van der Waals surface area (Å²) in [4.78, 5) is 22.6. The first kappa shape index (κ1) is 25.3. The van der Waals surface area contributed by atoms with Crippen LogP contribution in [0.15, 0.2) is 42.9 Å². The molecule has 4 rings (SSSR count). The Kier molecular flexibility index (Phi) is 7.33. The molecule has 0 aliphatic carbocycles. The molecule has 0 radical (unpaired) electrons. The maximum absolute atomic E-state index is 11.1. The topological polar surface area (TPSA) is 146 Å². The number of carbonyl (C=O) groups is 1. The quantitative estimate of drug-likeness (QED) is 0.452. The number of aromatic nitrogens is 4. The molecule has 0 spiro atoms. The van der Waals surface area contributed by atoms with Gasteiger partial charge in [-0.15, -0.1) is 0 Å². The van der Waals surface area contributed by atoms with Crippen LogP contribution < -0.4 is 11.1 Å². The first-order valence-electron chi connectivity index (χ1n) is 12.1. The average Bonchev–Trinajstić information content (AvgIpc) is 3.32. The Labute approximate surface area is 210 Å². The molecular formula is C26H32N8O2. The molecule has 1 saturated heterocycles. The highest BCUT2D eigenvalue weighted by Gasteiger charge is 2.36. The molecular weight excluding hydrogens is 456 g/mol. The molecule has 10 nitrogen and oxygen atoms in total. The Hall–Kier alpha value is -3.81. The molecule has 0 saturated carbocycles. The molecule has 1 aliphatic rings. The van der Waals surface area contributed by atoms with Crippen molar-refractivity contribution in [3.8, 4) is 17.3 Å². The standard InChI is InChI=1S/C26H32N8O2/c1-15-12-29-26(32-24(15)19-5-7-20(8-6-19)25(35)36)31-21-13-30-33(14-21)22-9-16(2)34(17(3)10-22)18(4)23(28)11-27/h5-8,12-14,16-18,22-23H,9-10,28H2,1-4H3,(H,35,36)(H,29,31,32)/t16-,17+,18?,22?,23-/m1/s1. The van der Waals surface area contributed by atoms with Crippen LogP contribution in [0, 0.1) is 18.3 Å². The van der Waals surface area contributed by atoms with Crippen molar-refractivity contribution in [3.63, 3.8) is 0 Å². The summed E-state index contributed by atoms with van der Waals surface area (Å²) in [5.74, 6) is -0.525. The molecule has 10 heteroatoms. The minimum absolute atomic E-state index is 0.0102. The molecule has 5 atom stereocenters. The summed E-state index contributed by atoms with van der Waals surface area (Å²) >= 11 is 0. The second kappa shape index (κ2) is 10.4. The van der Waals surface area contributed by atoms with Gasteiger partial charge in [0.15, 0.2) is 0 Å². The van der Waals surface area contributed by atoms with Crippen LogP contribution in [-0.2, 0) is 0 Å². The van der Waals surface area contributed by atoms with Gasteiger partial charge >= 0.3 is 5.97 Å². The molecule has 188 valence electrons. The van der Waals surface area contributed by atoms with Gasteiger partial charge in [-0.05, 0) is 58.2 Å². The summed E-state index contributed by atoms with van der Waals surface area (Å²) in [6, 6.07) is 9.05. The Bertz CT molecular complexity index is 1250. The third kappa shape index (κ3) is 5.22. The monoisotopic (exact) mass is 488 g/mol. The fraction of sp³-hybridized carbons (Fsp3) is 0.423. The van der Waals surface area contributed by atoms with Gasteiger partial charge in [-0.3, -0.25) is 9.58 Å². The van der Waals surface area contributed by atoms with E-state index in [1.807, 2.05) is 24.7 Å². The van der Waals surface area contributed by atoms with Crippen molar-refractivity contribution >= 4 is 17.6 Å². The number of hydrogen-bond acceptors (Lipinski definition) is 8. The van der Waals surface area contributed by atoms with E-state index in [-0.39, 0.29) is 29.7 Å². The Morgan fingerprint density at radius 1 is 1.22 bits per heavy atom. The largest absolute Gasteiger partial charge is 0.478 e. The molecule has 2 aromatic heterocycles. The number of hydrogen-bond donors (Lipinski definition) is 3. The number of rotatable bonds is 7. The molecule has 4 N–H and O–H groups in total. The number of carboxylic acids is 1. The zero-order chi connectivity index (χ0) is 26.0. The number of nitrogens with zero attached hydrogens (tertiary/aromatic N) is 6. The number of nitrogens with two attached hydrogens (primary N) is 1. The van der Waals surface area contributed by atoms with E-state index in [1.54, 1.807) is 36.7 Å². The molecule has 1 aliphatic heterocycles. The van der Waals surface area contributed by atoms with Crippen LogP contribution in [-0.4, -0.2) is 59.9 Å². The minimum atomic E-state index is -0.963. The number of aryl methyl sites for hydroxylation is 1. The van der Waals surface area contributed by atoms with Crippen LogP contribution >= 0.6 is 0 Å². The second-order valence-electron chi connectivity index (χ2n) is 9.61. The number of carboxylic acid groups (broad SMARTS) is 1. The normalized spacial score (nSPS) is 21.9. The molecule has 1 fully saturated rings. The summed E-state index contributed by atoms with van der Waals surface area (Å²) < 4.78 is 1.99. The molecule has 2 unspecified atom stereocenters. The zero-order valence-corrected chi connectivity index (χ0v) is 21.0. The Morgan fingerprint density at radius 2 is 1.89 bits per heavy atom. The van der Waals surface area contributed by atoms with Crippen molar-refractivity contribution in [3.05, 3.63) is 54.0 Å². The van der Waals surface area contributed by atoms with Crippen LogP contribution in [0.1, 0.15) is 55.6 Å². The van der Waals surface area contributed by atoms with Gasteiger partial charge < -0.3 is 16.2 Å². The molecule has 0 bridgehead atoms. The lowest BCUT2D eigenvalue weighted by Gasteiger charge is -2.46. The smallest absolute Gasteiger partial charge is 0.335 e. The molecule has 1 aromatic carbocycles. The molecule has 3 aromatic rings. The third-order valence-electron chi connectivity index (χ3n) is 6.99. The number of benzene rings is 1. The zero-order valence-electron chi connectivity index (χ0n) is 21.0. The first-order valence-corrected chi connectivity index (χ1v) is 12.1. The van der Waals surface area contributed by atoms with Gasteiger partial charge in [0, 0.05) is 36.1 Å². The highest BCUT2D eigenvalue weighted by molar-refractivity contribution is 5.88. The van der Waals surface area contributed by atoms with Crippen molar-refractivity contribution in [2.45, 2.75) is 70.7 Å². The maximum atomic E-state index is 11.1. The predicted molar refractivity (Wildman–Crippen MR) is 137 cm³/mol. The molecule has 3 heterocycles. The lowest BCUT2D eigenvalue weighted by atomic mass is 9.90. The third-order valence-corrected chi connectivity index (χ3v) is 6.99. The lowest BCUT2D eigenvalue weighted by molar-refractivity contribution is 0.0324. The highest BCUT2D eigenvalue weighted by atomic mass is 16.4. The number of nitriles is 1. The molecule has 36 heavy (non-hydrogen) atoms. The minimum Gasteiger partial charge on any atom is -0.478 e. The van der Waals surface area contributed by atoms with Crippen LogP contribution in [0.25, 0.3) is 11.3 Å². The van der Waals surface area contributed by atoms with Crippen LogP contribution in [0.2, 0.25) is 0 Å². The van der Waals surface area contributed by atoms with E-state index in [1.165, 1.54) is 0 Å². The van der Waals surface area contributed by atoms with E-state index in [2.05, 4.69) is 45.2 Å². The SMILES string of the molecule is Cc1cnc(Nc2cnn(C3C[C@@H](C)N(C(C)[C@H](N)C#N)[C@@H](C)C3)c2)nc1-c1ccc(C(=O)O)cc1. The maximum Gasteiger partial charge on any atom is 0.335 e. The summed E-state index contributed by atoms with van der Waals surface area (Å²) in [5.41, 5.74) is 9.46. The first-order chi connectivity index (χ1) is 17.2.